The molecule has 2 saturated heterocycles. The molecule has 2 aliphatic rings. The van der Waals surface area contributed by atoms with Crippen molar-refractivity contribution in [3.63, 3.8) is 0 Å². The molecule has 0 spiro atoms. The summed E-state index contributed by atoms with van der Waals surface area (Å²) < 4.78 is 0. The second-order valence-corrected chi connectivity index (χ2v) is 5.46. The molecule has 0 aliphatic carbocycles. The molecule has 2 fully saturated rings. The number of amides is 2. The molecule has 1 atom stereocenters. The van der Waals surface area contributed by atoms with Crippen molar-refractivity contribution in [3.05, 3.63) is 0 Å². The van der Waals surface area contributed by atoms with Crippen LogP contribution in [-0.4, -0.2) is 52.4 Å². The van der Waals surface area contributed by atoms with Gasteiger partial charge in [0.25, 0.3) is 0 Å². The minimum absolute atomic E-state index is 0.100. The molecule has 0 saturated carbocycles. The number of carbonyl (C=O) groups excluding carboxylic acids is 2. The van der Waals surface area contributed by atoms with Gasteiger partial charge in [0.05, 0.1) is 11.6 Å². The molecule has 2 aliphatic heterocycles. The Hall–Kier alpha value is -0.710. The maximum atomic E-state index is 12.0. The summed E-state index contributed by atoms with van der Waals surface area (Å²) in [5, 5.41) is 0. The van der Waals surface area contributed by atoms with Crippen LogP contribution in [0.4, 0.5) is 0 Å². The molecule has 2 heterocycles. The zero-order valence-electron chi connectivity index (χ0n) is 9.65. The van der Waals surface area contributed by atoms with Crippen LogP contribution in [-0.2, 0) is 9.59 Å². The van der Waals surface area contributed by atoms with Crippen molar-refractivity contribution in [3.8, 4) is 0 Å². The molecule has 2 amide bonds. The summed E-state index contributed by atoms with van der Waals surface area (Å²) in [5.41, 5.74) is 0. The fraction of sp³-hybridized carbons (Fsp3) is 0.818. The number of nitrogens with zero attached hydrogens (tertiary/aromatic N) is 2. The monoisotopic (exact) mass is 242 g/mol. The highest BCUT2D eigenvalue weighted by Crippen LogP contribution is 2.19. The number of rotatable bonds is 2. The Morgan fingerprint density at radius 2 is 2.31 bits per heavy atom. The van der Waals surface area contributed by atoms with Crippen LogP contribution >= 0.6 is 11.8 Å². The molecule has 5 heteroatoms. The SMILES string of the molecule is CC1CCCCN1C(=O)CN1CSCC1=O. The van der Waals surface area contributed by atoms with Gasteiger partial charge in [-0.1, -0.05) is 0 Å². The van der Waals surface area contributed by atoms with Crippen molar-refractivity contribution >= 4 is 23.6 Å². The Labute approximate surface area is 100 Å². The Morgan fingerprint density at radius 1 is 1.50 bits per heavy atom. The fourth-order valence-electron chi connectivity index (χ4n) is 2.26. The van der Waals surface area contributed by atoms with Gasteiger partial charge in [0.15, 0.2) is 0 Å². The maximum absolute atomic E-state index is 12.0. The number of thioether (sulfide) groups is 1. The van der Waals surface area contributed by atoms with Gasteiger partial charge in [-0.2, -0.15) is 0 Å². The molecule has 2 rings (SSSR count). The van der Waals surface area contributed by atoms with Crippen molar-refractivity contribution < 1.29 is 9.59 Å². The van der Waals surface area contributed by atoms with E-state index >= 15 is 0 Å². The number of piperidine rings is 1. The summed E-state index contributed by atoms with van der Waals surface area (Å²) >= 11 is 1.59. The molecule has 16 heavy (non-hydrogen) atoms. The Kier molecular flexibility index (Phi) is 3.74. The lowest BCUT2D eigenvalue weighted by Crippen LogP contribution is -2.47. The summed E-state index contributed by atoms with van der Waals surface area (Å²) in [6, 6.07) is 0.339. The maximum Gasteiger partial charge on any atom is 0.242 e. The third-order valence-corrected chi connectivity index (χ3v) is 4.22. The zero-order chi connectivity index (χ0) is 11.5. The van der Waals surface area contributed by atoms with Crippen LogP contribution in [0, 0.1) is 0 Å². The van der Waals surface area contributed by atoms with Gasteiger partial charge in [0.1, 0.15) is 6.54 Å². The predicted octanol–water partition coefficient (Wildman–Crippen LogP) is 0.920. The summed E-state index contributed by atoms with van der Waals surface area (Å²) in [4.78, 5) is 27.0. The molecule has 0 aromatic carbocycles. The highest BCUT2D eigenvalue weighted by atomic mass is 32.2. The Balaban J connectivity index is 1.89. The van der Waals surface area contributed by atoms with Gasteiger partial charge >= 0.3 is 0 Å². The van der Waals surface area contributed by atoms with Gasteiger partial charge < -0.3 is 9.80 Å². The molecule has 1 unspecified atom stereocenters. The van der Waals surface area contributed by atoms with Crippen molar-refractivity contribution in [1.29, 1.82) is 0 Å². The molecule has 0 radical (unpaired) electrons. The van der Waals surface area contributed by atoms with E-state index < -0.39 is 0 Å². The first kappa shape index (κ1) is 11.8. The van der Waals surface area contributed by atoms with Gasteiger partial charge in [-0.15, -0.1) is 11.8 Å². The van der Waals surface area contributed by atoms with Crippen LogP contribution in [0.15, 0.2) is 0 Å². The average molecular weight is 242 g/mol. The Morgan fingerprint density at radius 3 is 2.94 bits per heavy atom. The lowest BCUT2D eigenvalue weighted by Gasteiger charge is -2.34. The first-order valence-corrected chi connectivity index (χ1v) is 6.99. The van der Waals surface area contributed by atoms with E-state index in [1.807, 2.05) is 4.90 Å². The van der Waals surface area contributed by atoms with Crippen LogP contribution in [0.2, 0.25) is 0 Å². The standard InChI is InChI=1S/C11H18N2O2S/c1-9-4-2-3-5-13(9)10(14)6-12-8-16-7-11(12)15/h9H,2-8H2,1H3. The van der Waals surface area contributed by atoms with E-state index in [9.17, 15) is 9.59 Å². The van der Waals surface area contributed by atoms with E-state index in [1.54, 1.807) is 16.7 Å². The summed E-state index contributed by atoms with van der Waals surface area (Å²) in [5.74, 6) is 1.42. The van der Waals surface area contributed by atoms with Crippen LogP contribution in [0.5, 0.6) is 0 Å². The normalized spacial score (nSPS) is 26.3. The molecule has 0 bridgehead atoms. The quantitative estimate of drug-likeness (QED) is 0.723. The van der Waals surface area contributed by atoms with Crippen molar-refractivity contribution in [1.82, 2.24) is 9.80 Å². The lowest BCUT2D eigenvalue weighted by molar-refractivity contribution is -0.140. The first-order valence-electron chi connectivity index (χ1n) is 5.83. The van der Waals surface area contributed by atoms with Crippen molar-refractivity contribution in [2.75, 3.05) is 24.7 Å². The van der Waals surface area contributed by atoms with Gasteiger partial charge in [0.2, 0.25) is 11.8 Å². The predicted molar refractivity (Wildman–Crippen MR) is 64.1 cm³/mol. The summed E-state index contributed by atoms with van der Waals surface area (Å²) in [6.45, 7) is 3.23. The second-order valence-electron chi connectivity index (χ2n) is 4.50. The van der Waals surface area contributed by atoms with E-state index in [4.69, 9.17) is 0 Å². The van der Waals surface area contributed by atoms with E-state index in [0.717, 1.165) is 19.4 Å². The Bertz CT molecular complexity index is 296. The minimum Gasteiger partial charge on any atom is -0.338 e. The van der Waals surface area contributed by atoms with Crippen LogP contribution in [0.25, 0.3) is 0 Å². The van der Waals surface area contributed by atoms with E-state index in [1.165, 1.54) is 6.42 Å². The lowest BCUT2D eigenvalue weighted by atomic mass is 10.0. The molecule has 90 valence electrons. The molecule has 0 aromatic heterocycles. The van der Waals surface area contributed by atoms with Crippen molar-refractivity contribution in [2.24, 2.45) is 0 Å². The molecular weight excluding hydrogens is 224 g/mol. The third kappa shape index (κ3) is 2.51. The van der Waals surface area contributed by atoms with E-state index in [0.29, 0.717) is 17.7 Å². The molecular formula is C11H18N2O2S. The number of carbonyl (C=O) groups is 2. The first-order chi connectivity index (χ1) is 7.68. The number of hydrogen-bond acceptors (Lipinski definition) is 3. The molecule has 0 N–H and O–H groups in total. The average Bonchev–Trinajstić information content (AvgIpc) is 2.65. The summed E-state index contributed by atoms with van der Waals surface area (Å²) in [7, 11) is 0. The third-order valence-electron chi connectivity index (χ3n) is 3.27. The second kappa shape index (κ2) is 5.08. The minimum atomic E-state index is 0.100. The van der Waals surface area contributed by atoms with Crippen LogP contribution in [0.3, 0.4) is 0 Å². The van der Waals surface area contributed by atoms with Gasteiger partial charge in [-0.3, -0.25) is 9.59 Å². The fourth-order valence-corrected chi connectivity index (χ4v) is 3.17. The smallest absolute Gasteiger partial charge is 0.242 e. The number of likely N-dealkylation sites (tertiary alicyclic amines) is 1. The largest absolute Gasteiger partial charge is 0.338 e. The topological polar surface area (TPSA) is 40.6 Å². The molecule has 0 aromatic rings. The highest BCUT2D eigenvalue weighted by molar-refractivity contribution is 8.00. The van der Waals surface area contributed by atoms with Gasteiger partial charge in [-0.05, 0) is 26.2 Å². The van der Waals surface area contributed by atoms with E-state index in [-0.39, 0.29) is 18.4 Å². The zero-order valence-corrected chi connectivity index (χ0v) is 10.5. The van der Waals surface area contributed by atoms with Crippen LogP contribution in [0.1, 0.15) is 26.2 Å². The highest BCUT2D eigenvalue weighted by Gasteiger charge is 2.28. The van der Waals surface area contributed by atoms with Gasteiger partial charge in [-0.25, -0.2) is 0 Å². The molecule has 4 nitrogen and oxygen atoms in total. The number of hydrogen-bond donors (Lipinski definition) is 0. The van der Waals surface area contributed by atoms with Gasteiger partial charge in [0, 0.05) is 12.6 Å². The van der Waals surface area contributed by atoms with Crippen molar-refractivity contribution in [2.45, 2.75) is 32.2 Å². The van der Waals surface area contributed by atoms with Crippen LogP contribution < -0.4 is 0 Å². The van der Waals surface area contributed by atoms with E-state index in [2.05, 4.69) is 6.92 Å². The summed E-state index contributed by atoms with van der Waals surface area (Å²) in [6.07, 6.45) is 3.40.